The lowest BCUT2D eigenvalue weighted by atomic mass is 9.89. The lowest BCUT2D eigenvalue weighted by Crippen LogP contribution is -2.33. The highest BCUT2D eigenvalue weighted by atomic mass is 32.2. The van der Waals surface area contributed by atoms with Gasteiger partial charge in [-0.15, -0.1) is 0 Å². The summed E-state index contributed by atoms with van der Waals surface area (Å²) in [4.78, 5) is 0. The Hall–Kier alpha value is -0.130. The van der Waals surface area contributed by atoms with Gasteiger partial charge in [-0.2, -0.15) is 0 Å². The van der Waals surface area contributed by atoms with Crippen LogP contribution in [0.25, 0.3) is 0 Å². The molecule has 0 aromatic heterocycles. The first-order valence-corrected chi connectivity index (χ1v) is 7.88. The van der Waals surface area contributed by atoms with Crippen molar-refractivity contribution in [1.82, 2.24) is 5.32 Å². The van der Waals surface area contributed by atoms with Crippen molar-refractivity contribution in [3.8, 4) is 0 Å². The largest absolute Gasteiger partial charge is 0.383 e. The Bertz CT molecular complexity index is 290. The monoisotopic (exact) mass is 249 g/mol. The second-order valence-corrected chi connectivity index (χ2v) is 7.01. The first-order chi connectivity index (χ1) is 7.54. The van der Waals surface area contributed by atoms with Gasteiger partial charge in [0, 0.05) is 19.9 Å². The van der Waals surface area contributed by atoms with Gasteiger partial charge >= 0.3 is 0 Å². The van der Waals surface area contributed by atoms with E-state index in [1.165, 1.54) is 6.26 Å². The van der Waals surface area contributed by atoms with E-state index < -0.39 is 9.84 Å². The summed E-state index contributed by atoms with van der Waals surface area (Å²) in [6, 6.07) is 0. The quantitative estimate of drug-likeness (QED) is 0.708. The van der Waals surface area contributed by atoms with E-state index in [9.17, 15) is 8.42 Å². The normalized spacial score (nSPS) is 26.9. The summed E-state index contributed by atoms with van der Waals surface area (Å²) in [5, 5.41) is 3.19. The zero-order valence-electron chi connectivity index (χ0n) is 10.2. The molecule has 0 radical (unpaired) electrons. The minimum Gasteiger partial charge on any atom is -0.383 e. The van der Waals surface area contributed by atoms with Crippen molar-refractivity contribution in [2.24, 2.45) is 5.92 Å². The highest BCUT2D eigenvalue weighted by Gasteiger charge is 2.28. The van der Waals surface area contributed by atoms with Crippen molar-refractivity contribution < 1.29 is 13.2 Å². The van der Waals surface area contributed by atoms with E-state index >= 15 is 0 Å². The van der Waals surface area contributed by atoms with Crippen molar-refractivity contribution in [1.29, 1.82) is 0 Å². The summed E-state index contributed by atoms with van der Waals surface area (Å²) < 4.78 is 27.9. The summed E-state index contributed by atoms with van der Waals surface area (Å²) in [7, 11) is -1.16. The van der Waals surface area contributed by atoms with Gasteiger partial charge in [0.05, 0.1) is 11.9 Å². The molecule has 1 N–H and O–H groups in total. The predicted octanol–water partition coefficient (Wildman–Crippen LogP) is 0.826. The summed E-state index contributed by atoms with van der Waals surface area (Å²) in [5.41, 5.74) is 0. The van der Waals surface area contributed by atoms with E-state index in [4.69, 9.17) is 4.74 Å². The Labute approximate surface area is 98.7 Å². The smallest absolute Gasteiger partial charge is 0.150 e. The number of nitrogens with one attached hydrogen (secondary N) is 1. The van der Waals surface area contributed by atoms with E-state index in [0.29, 0.717) is 12.5 Å². The molecular formula is C11H23NO3S. The van der Waals surface area contributed by atoms with Crippen LogP contribution in [-0.4, -0.2) is 46.7 Å². The minimum absolute atomic E-state index is 0.115. The van der Waals surface area contributed by atoms with E-state index in [1.54, 1.807) is 7.11 Å². The Morgan fingerprint density at radius 2 is 2.12 bits per heavy atom. The summed E-state index contributed by atoms with van der Waals surface area (Å²) in [6.45, 7) is 2.47. The van der Waals surface area contributed by atoms with Gasteiger partial charge in [0.15, 0.2) is 0 Å². The minimum atomic E-state index is -2.85. The van der Waals surface area contributed by atoms with Crippen LogP contribution in [0, 0.1) is 5.92 Å². The molecule has 1 rings (SSSR count). The number of methoxy groups -OCH3 is 1. The summed E-state index contributed by atoms with van der Waals surface area (Å²) in [5.74, 6) is 0.505. The molecule has 0 heterocycles. The van der Waals surface area contributed by atoms with Gasteiger partial charge in [0.25, 0.3) is 0 Å². The summed E-state index contributed by atoms with van der Waals surface area (Å²) in [6.07, 6.45) is 5.20. The molecule has 16 heavy (non-hydrogen) atoms. The molecule has 1 fully saturated rings. The lowest BCUT2D eigenvalue weighted by molar-refractivity contribution is 0.196. The molecule has 96 valence electrons. The topological polar surface area (TPSA) is 55.4 Å². The molecule has 1 aliphatic carbocycles. The zero-order chi connectivity index (χ0) is 12.0. The number of hydrogen-bond donors (Lipinski definition) is 1. The maximum atomic E-state index is 11.5. The Kier molecular flexibility index (Phi) is 5.72. The average molecular weight is 249 g/mol. The molecule has 1 saturated carbocycles. The van der Waals surface area contributed by atoms with Crippen molar-refractivity contribution in [3.05, 3.63) is 0 Å². The molecule has 0 saturated heterocycles. The number of sulfone groups is 1. The molecule has 0 spiro atoms. The Morgan fingerprint density at radius 1 is 1.38 bits per heavy atom. The second kappa shape index (κ2) is 6.57. The Balaban J connectivity index is 2.28. The molecule has 0 aliphatic heterocycles. The van der Waals surface area contributed by atoms with Crippen LogP contribution in [-0.2, 0) is 14.6 Å². The molecule has 0 bridgehead atoms. The van der Waals surface area contributed by atoms with Crippen molar-refractivity contribution in [2.45, 2.75) is 30.9 Å². The van der Waals surface area contributed by atoms with Gasteiger partial charge in [-0.1, -0.05) is 6.42 Å². The average Bonchev–Trinajstić information content (AvgIpc) is 2.24. The van der Waals surface area contributed by atoms with Crippen molar-refractivity contribution in [3.63, 3.8) is 0 Å². The van der Waals surface area contributed by atoms with Crippen LogP contribution in [0.3, 0.4) is 0 Å². The molecule has 0 aromatic rings. The van der Waals surface area contributed by atoms with Crippen molar-refractivity contribution in [2.75, 3.05) is 33.1 Å². The third-order valence-corrected chi connectivity index (χ3v) is 4.90. The van der Waals surface area contributed by atoms with E-state index in [1.807, 2.05) is 0 Å². The Morgan fingerprint density at radius 3 is 2.75 bits per heavy atom. The molecule has 5 heteroatoms. The molecule has 0 aromatic carbocycles. The SMILES string of the molecule is COCCNCC1CCCC(S(C)(=O)=O)C1. The first kappa shape index (κ1) is 13.9. The molecule has 2 atom stereocenters. The maximum absolute atomic E-state index is 11.5. The van der Waals surface area contributed by atoms with Gasteiger partial charge in [-0.25, -0.2) is 8.42 Å². The van der Waals surface area contributed by atoms with E-state index in [-0.39, 0.29) is 5.25 Å². The fourth-order valence-electron chi connectivity index (χ4n) is 2.30. The summed E-state index contributed by atoms with van der Waals surface area (Å²) >= 11 is 0. The van der Waals surface area contributed by atoms with Crippen LogP contribution < -0.4 is 5.32 Å². The third-order valence-electron chi connectivity index (χ3n) is 3.26. The van der Waals surface area contributed by atoms with Crippen LogP contribution in [0.4, 0.5) is 0 Å². The van der Waals surface area contributed by atoms with Crippen LogP contribution in [0.5, 0.6) is 0 Å². The predicted molar refractivity (Wildman–Crippen MR) is 65.3 cm³/mol. The third kappa shape index (κ3) is 4.80. The highest BCUT2D eigenvalue weighted by Crippen LogP contribution is 2.27. The van der Waals surface area contributed by atoms with Gasteiger partial charge < -0.3 is 10.1 Å². The number of hydrogen-bond acceptors (Lipinski definition) is 4. The van der Waals surface area contributed by atoms with Gasteiger partial charge in [-0.05, 0) is 31.7 Å². The van der Waals surface area contributed by atoms with Gasteiger partial charge in [0.1, 0.15) is 9.84 Å². The maximum Gasteiger partial charge on any atom is 0.150 e. The van der Waals surface area contributed by atoms with E-state index in [2.05, 4.69) is 5.32 Å². The van der Waals surface area contributed by atoms with Gasteiger partial charge in [0.2, 0.25) is 0 Å². The lowest BCUT2D eigenvalue weighted by Gasteiger charge is -2.28. The number of ether oxygens (including phenoxy) is 1. The van der Waals surface area contributed by atoms with Gasteiger partial charge in [-0.3, -0.25) is 0 Å². The molecule has 0 amide bonds. The second-order valence-electron chi connectivity index (χ2n) is 4.68. The van der Waals surface area contributed by atoms with E-state index in [0.717, 1.165) is 38.8 Å². The molecule has 4 nitrogen and oxygen atoms in total. The fourth-order valence-corrected chi connectivity index (χ4v) is 3.51. The van der Waals surface area contributed by atoms with Crippen LogP contribution in [0.1, 0.15) is 25.7 Å². The van der Waals surface area contributed by atoms with Crippen LogP contribution in [0.2, 0.25) is 0 Å². The molecular weight excluding hydrogens is 226 g/mol. The molecule has 1 aliphatic rings. The highest BCUT2D eigenvalue weighted by molar-refractivity contribution is 7.91. The standard InChI is InChI=1S/C11H23NO3S/c1-15-7-6-12-9-10-4-3-5-11(8-10)16(2,13)14/h10-12H,3-9H2,1-2H3. The van der Waals surface area contributed by atoms with Crippen molar-refractivity contribution >= 4 is 9.84 Å². The fraction of sp³-hybridized carbons (Fsp3) is 1.00. The number of rotatable bonds is 6. The molecule has 2 unspecified atom stereocenters. The van der Waals surface area contributed by atoms with Crippen LogP contribution in [0.15, 0.2) is 0 Å². The van der Waals surface area contributed by atoms with Crippen LogP contribution >= 0.6 is 0 Å². The first-order valence-electron chi connectivity index (χ1n) is 5.92. The zero-order valence-corrected chi connectivity index (χ0v) is 11.1.